The molecule has 2 aromatic rings. The lowest BCUT2D eigenvalue weighted by Gasteiger charge is -2.06. The van der Waals surface area contributed by atoms with Crippen molar-refractivity contribution in [2.24, 2.45) is 5.16 Å². The molecule has 0 bridgehead atoms. The first-order chi connectivity index (χ1) is 10.7. The highest BCUT2D eigenvalue weighted by Crippen LogP contribution is 2.23. The Balaban J connectivity index is 2.06. The fraction of sp³-hybridized carbons (Fsp3) is 0.333. The van der Waals surface area contributed by atoms with Gasteiger partial charge in [0.25, 0.3) is 5.91 Å². The second-order valence-electron chi connectivity index (χ2n) is 4.91. The molecule has 1 amide bonds. The van der Waals surface area contributed by atoms with Crippen molar-refractivity contribution in [2.45, 2.75) is 19.3 Å². The Bertz CT molecular complexity index is 684. The van der Waals surface area contributed by atoms with Gasteiger partial charge in [-0.05, 0) is 42.4 Å². The second kappa shape index (κ2) is 8.24. The number of hydrogen-bond acceptors (Lipinski definition) is 4. The summed E-state index contributed by atoms with van der Waals surface area (Å²) in [6.07, 6.45) is 3.89. The van der Waals surface area contributed by atoms with E-state index in [1.54, 1.807) is 0 Å². The molecule has 22 heavy (non-hydrogen) atoms. The molecule has 0 atom stereocenters. The van der Waals surface area contributed by atoms with Crippen LogP contribution in [0.5, 0.6) is 0 Å². The number of carbonyl (C=O) groups is 1. The van der Waals surface area contributed by atoms with Crippen molar-refractivity contribution < 1.29 is 10.0 Å². The van der Waals surface area contributed by atoms with E-state index in [9.17, 15) is 4.79 Å². The monoisotopic (exact) mass is 383 g/mol. The van der Waals surface area contributed by atoms with E-state index >= 15 is 0 Å². The van der Waals surface area contributed by atoms with Crippen LogP contribution in [0, 0.1) is 0 Å². The van der Waals surface area contributed by atoms with Gasteiger partial charge in [0.05, 0.1) is 0 Å². The van der Waals surface area contributed by atoms with Crippen molar-refractivity contribution in [3.8, 4) is 0 Å². The predicted octanol–water partition coefficient (Wildman–Crippen LogP) is 3.13. The molecule has 0 fully saturated rings. The Morgan fingerprint density at radius 3 is 2.95 bits per heavy atom. The maximum absolute atomic E-state index is 12.0. The molecule has 0 aliphatic carbocycles. The van der Waals surface area contributed by atoms with Gasteiger partial charge in [0.15, 0.2) is 0 Å². The van der Waals surface area contributed by atoms with Crippen molar-refractivity contribution in [2.75, 3.05) is 12.3 Å². The minimum Gasteiger partial charge on any atom is -0.410 e. The van der Waals surface area contributed by atoms with Gasteiger partial charge in [0.2, 0.25) is 0 Å². The molecular formula is C15H18BrN3O2S. The van der Waals surface area contributed by atoms with Crippen molar-refractivity contribution in [1.29, 1.82) is 0 Å². The zero-order valence-corrected chi connectivity index (χ0v) is 14.5. The van der Waals surface area contributed by atoms with E-state index in [4.69, 9.17) is 5.21 Å². The second-order valence-corrected chi connectivity index (χ2v) is 6.28. The van der Waals surface area contributed by atoms with Crippen LogP contribution in [0.25, 0.3) is 10.9 Å². The number of amides is 1. The number of oxime groups is 1. The van der Waals surface area contributed by atoms with Gasteiger partial charge in [-0.25, -0.2) is 0 Å². The van der Waals surface area contributed by atoms with Crippen LogP contribution in [-0.4, -0.2) is 34.1 Å². The normalized spacial score (nSPS) is 11.8. The molecular weight excluding hydrogens is 366 g/mol. The van der Waals surface area contributed by atoms with Crippen LogP contribution in [0.2, 0.25) is 0 Å². The summed E-state index contributed by atoms with van der Waals surface area (Å²) in [7, 11) is 0. The average Bonchev–Trinajstić information content (AvgIpc) is 2.91. The number of fused-ring (bicyclic) bond motifs is 1. The van der Waals surface area contributed by atoms with Crippen LogP contribution >= 0.6 is 28.6 Å². The topological polar surface area (TPSA) is 77.5 Å². The van der Waals surface area contributed by atoms with Gasteiger partial charge in [0.1, 0.15) is 5.71 Å². The van der Waals surface area contributed by atoms with E-state index in [0.29, 0.717) is 6.54 Å². The Labute approximate surface area is 142 Å². The van der Waals surface area contributed by atoms with Gasteiger partial charge in [-0.15, -0.1) is 0 Å². The minimum absolute atomic E-state index is 0.103. The number of rotatable bonds is 7. The minimum atomic E-state index is -0.342. The lowest BCUT2D eigenvalue weighted by atomic mass is 10.1. The largest absolute Gasteiger partial charge is 0.410 e. The van der Waals surface area contributed by atoms with Crippen molar-refractivity contribution >= 4 is 51.1 Å². The highest BCUT2D eigenvalue weighted by molar-refractivity contribution is 9.10. The predicted molar refractivity (Wildman–Crippen MR) is 95.0 cm³/mol. The zero-order chi connectivity index (χ0) is 15.9. The fourth-order valence-electron chi connectivity index (χ4n) is 2.18. The molecule has 0 radical (unpaired) electrons. The molecule has 0 unspecified atom stereocenters. The number of benzene rings is 1. The molecule has 1 aromatic heterocycles. The number of hydrogen-bond donors (Lipinski definition) is 4. The first-order valence-corrected chi connectivity index (χ1v) is 8.43. The molecule has 1 heterocycles. The lowest BCUT2D eigenvalue weighted by Crippen LogP contribution is -2.33. The lowest BCUT2D eigenvalue weighted by molar-refractivity contribution is -0.115. The Morgan fingerprint density at radius 2 is 2.23 bits per heavy atom. The van der Waals surface area contributed by atoms with E-state index in [-0.39, 0.29) is 18.0 Å². The summed E-state index contributed by atoms with van der Waals surface area (Å²) >= 11 is 7.56. The molecule has 0 aliphatic heterocycles. The number of nitrogens with zero attached hydrogens (tertiary/aromatic N) is 1. The van der Waals surface area contributed by atoms with Crippen molar-refractivity contribution in [1.82, 2.24) is 10.3 Å². The maximum Gasteiger partial charge on any atom is 0.269 e. The van der Waals surface area contributed by atoms with E-state index in [2.05, 4.69) is 44.0 Å². The molecule has 1 aromatic carbocycles. The highest BCUT2D eigenvalue weighted by Gasteiger charge is 2.15. The number of aromatic nitrogens is 1. The number of halogens is 1. The summed E-state index contributed by atoms with van der Waals surface area (Å²) in [5.74, 6) is 0.451. The molecule has 2 rings (SSSR count). The third-order valence-corrected chi connectivity index (χ3v) is 4.15. The summed E-state index contributed by atoms with van der Waals surface area (Å²) in [4.78, 5) is 15.2. The van der Waals surface area contributed by atoms with Crippen LogP contribution in [0.4, 0.5) is 0 Å². The Kier molecular flexibility index (Phi) is 6.33. The third kappa shape index (κ3) is 4.27. The van der Waals surface area contributed by atoms with E-state index in [0.717, 1.165) is 39.5 Å². The van der Waals surface area contributed by atoms with Gasteiger partial charge >= 0.3 is 0 Å². The summed E-state index contributed by atoms with van der Waals surface area (Å²) in [5, 5.41) is 16.0. The van der Waals surface area contributed by atoms with Gasteiger partial charge in [0, 0.05) is 34.5 Å². The number of unbranched alkanes of at least 4 members (excludes halogenated alkanes) is 1. The van der Waals surface area contributed by atoms with Gasteiger partial charge in [-0.2, -0.15) is 12.6 Å². The molecule has 118 valence electrons. The highest BCUT2D eigenvalue weighted by atomic mass is 79.9. The molecule has 0 saturated carbocycles. The van der Waals surface area contributed by atoms with Crippen LogP contribution in [-0.2, 0) is 11.2 Å². The van der Waals surface area contributed by atoms with E-state index in [1.165, 1.54) is 0 Å². The third-order valence-electron chi connectivity index (χ3n) is 3.34. The van der Waals surface area contributed by atoms with Crippen LogP contribution in [0.15, 0.2) is 34.0 Å². The van der Waals surface area contributed by atoms with Gasteiger partial charge < -0.3 is 15.5 Å². The molecule has 7 heteroatoms. The van der Waals surface area contributed by atoms with Gasteiger partial charge in [-0.3, -0.25) is 4.79 Å². The summed E-state index contributed by atoms with van der Waals surface area (Å²) in [6, 6.07) is 5.87. The van der Waals surface area contributed by atoms with Crippen molar-refractivity contribution in [3.63, 3.8) is 0 Å². The SMILES string of the molecule is O=C(NCCCCS)/C(Cc1c[nH]c2ccc(Br)cc12)=N/O. The number of aromatic amines is 1. The molecule has 5 nitrogen and oxygen atoms in total. The standard InChI is InChI=1S/C15H18BrN3O2S/c16-11-3-4-13-12(8-11)10(9-18-13)7-14(19-21)15(20)17-5-1-2-6-22/h3-4,8-9,18,21-22H,1-2,5-7H2,(H,17,20)/b19-14+. The fourth-order valence-corrected chi connectivity index (χ4v) is 2.76. The first kappa shape index (κ1) is 16.9. The molecule has 0 aliphatic rings. The number of thiol groups is 1. The molecule has 0 saturated heterocycles. The molecule has 0 spiro atoms. The number of nitrogens with one attached hydrogen (secondary N) is 2. The summed E-state index contributed by atoms with van der Waals surface area (Å²) in [6.45, 7) is 0.553. The zero-order valence-electron chi connectivity index (χ0n) is 12.0. The molecule has 3 N–H and O–H groups in total. The summed E-state index contributed by atoms with van der Waals surface area (Å²) in [5.41, 5.74) is 1.99. The van der Waals surface area contributed by atoms with E-state index in [1.807, 2.05) is 24.4 Å². The van der Waals surface area contributed by atoms with Crippen molar-refractivity contribution in [3.05, 3.63) is 34.4 Å². The maximum atomic E-state index is 12.0. The Morgan fingerprint density at radius 1 is 1.41 bits per heavy atom. The average molecular weight is 384 g/mol. The van der Waals surface area contributed by atoms with Gasteiger partial charge in [-0.1, -0.05) is 21.1 Å². The quantitative estimate of drug-likeness (QED) is 0.195. The number of H-pyrrole nitrogens is 1. The Hall–Kier alpha value is -1.47. The van der Waals surface area contributed by atoms with Crippen LogP contribution in [0.3, 0.4) is 0 Å². The summed E-state index contributed by atoms with van der Waals surface area (Å²) < 4.78 is 0.958. The first-order valence-electron chi connectivity index (χ1n) is 7.01. The van der Waals surface area contributed by atoms with E-state index < -0.39 is 0 Å². The smallest absolute Gasteiger partial charge is 0.269 e. The van der Waals surface area contributed by atoms with Crippen LogP contribution in [0.1, 0.15) is 18.4 Å². The van der Waals surface area contributed by atoms with Crippen LogP contribution < -0.4 is 5.32 Å². The number of carbonyl (C=O) groups excluding carboxylic acids is 1.